The van der Waals surface area contributed by atoms with Crippen LogP contribution in [-0.2, 0) is 7.05 Å². The van der Waals surface area contributed by atoms with Gasteiger partial charge in [0.2, 0.25) is 0 Å². The fourth-order valence-corrected chi connectivity index (χ4v) is 1.01. The van der Waals surface area contributed by atoms with Crippen LogP contribution in [0, 0.1) is 6.20 Å². The van der Waals surface area contributed by atoms with Crippen LogP contribution in [0.3, 0.4) is 0 Å². The molecule has 1 aromatic rings. The van der Waals surface area contributed by atoms with Gasteiger partial charge in [-0.05, 0) is 17.8 Å². The first-order chi connectivity index (χ1) is 4.70. The average Bonchev–Trinajstić information content (AvgIpc) is 2.15. The summed E-state index contributed by atoms with van der Waals surface area (Å²) < 4.78 is 24.7. The Balaban J connectivity index is 2.65. The minimum absolute atomic E-state index is 0.426. The molecule has 0 aromatic carbocycles. The van der Waals surface area contributed by atoms with E-state index in [4.69, 9.17) is 0 Å². The Labute approximate surface area is 61.2 Å². The average molecular weight is 163 g/mol. The van der Waals surface area contributed by atoms with Crippen LogP contribution in [0.4, 0.5) is 8.78 Å². The summed E-state index contributed by atoms with van der Waals surface area (Å²) in [6.45, 7) is 0. The van der Waals surface area contributed by atoms with E-state index in [1.54, 1.807) is 7.05 Å². The molecule has 0 bridgehead atoms. The first kappa shape index (κ1) is 7.53. The van der Waals surface area contributed by atoms with Crippen LogP contribution in [-0.4, -0.2) is 15.5 Å². The molecule has 0 saturated carbocycles. The second-order valence-corrected chi connectivity index (χ2v) is 2.62. The molecular weight excluding hydrogens is 158 g/mol. The van der Waals surface area contributed by atoms with E-state index < -0.39 is 5.76 Å². The van der Waals surface area contributed by atoms with Crippen molar-refractivity contribution in [3.05, 3.63) is 12.3 Å². The number of alkyl halides is 2. The highest BCUT2D eigenvalue weighted by molar-refractivity contribution is 7.99. The fourth-order valence-electron chi connectivity index (χ4n) is 0.515. The zero-order chi connectivity index (χ0) is 7.56. The van der Waals surface area contributed by atoms with Crippen molar-refractivity contribution in [2.45, 2.75) is 10.8 Å². The normalized spacial score (nSPS) is 10.8. The van der Waals surface area contributed by atoms with E-state index in [9.17, 15) is 8.78 Å². The summed E-state index contributed by atoms with van der Waals surface area (Å²) in [5, 5.41) is 4.03. The third-order valence-electron chi connectivity index (χ3n) is 0.925. The summed E-state index contributed by atoms with van der Waals surface area (Å²) >= 11 is 0.468. The molecule has 0 saturated heterocycles. The smallest absolute Gasteiger partial charge is 0.261 e. The van der Waals surface area contributed by atoms with Crippen molar-refractivity contribution in [2.75, 3.05) is 0 Å². The Morgan fingerprint density at radius 2 is 2.50 bits per heavy atom. The maximum Gasteiger partial charge on any atom is 0.290 e. The van der Waals surface area contributed by atoms with Crippen molar-refractivity contribution in [3.8, 4) is 0 Å². The van der Waals surface area contributed by atoms with Crippen molar-refractivity contribution < 1.29 is 8.78 Å². The Morgan fingerprint density at radius 3 is 2.90 bits per heavy atom. The first-order valence-corrected chi connectivity index (χ1v) is 3.43. The van der Waals surface area contributed by atoms with Crippen molar-refractivity contribution >= 4 is 11.8 Å². The Kier molecular flexibility index (Phi) is 2.26. The van der Waals surface area contributed by atoms with Gasteiger partial charge in [-0.3, -0.25) is 4.68 Å². The van der Waals surface area contributed by atoms with Crippen LogP contribution in [0.5, 0.6) is 0 Å². The predicted octanol–water partition coefficient (Wildman–Crippen LogP) is 1.53. The molecule has 5 heteroatoms. The lowest BCUT2D eigenvalue weighted by Crippen LogP contribution is -1.93. The van der Waals surface area contributed by atoms with Gasteiger partial charge in [-0.25, -0.2) is 0 Å². The van der Waals surface area contributed by atoms with Gasteiger partial charge in [-0.1, -0.05) is 0 Å². The lowest BCUT2D eigenvalue weighted by atomic mass is 10.7. The topological polar surface area (TPSA) is 17.8 Å². The highest BCUT2D eigenvalue weighted by Crippen LogP contribution is 2.23. The number of thioether (sulfide) groups is 1. The molecule has 1 heterocycles. The van der Waals surface area contributed by atoms with Gasteiger partial charge < -0.3 is 0 Å². The van der Waals surface area contributed by atoms with Gasteiger partial charge in [-0.15, -0.1) is 0 Å². The summed E-state index contributed by atoms with van der Waals surface area (Å²) in [6.07, 6.45) is 2.46. The molecule has 0 spiro atoms. The van der Waals surface area contributed by atoms with Crippen LogP contribution >= 0.6 is 11.8 Å². The van der Waals surface area contributed by atoms with E-state index in [2.05, 4.69) is 11.3 Å². The quantitative estimate of drug-likeness (QED) is 0.615. The maximum atomic E-state index is 11.7. The fraction of sp³-hybridized carbons (Fsp3) is 0.400. The molecule has 1 rings (SSSR count). The van der Waals surface area contributed by atoms with E-state index in [-0.39, 0.29) is 0 Å². The largest absolute Gasteiger partial charge is 0.290 e. The molecule has 0 aliphatic heterocycles. The molecule has 2 nitrogen and oxygen atoms in total. The second-order valence-electron chi connectivity index (χ2n) is 1.61. The Morgan fingerprint density at radius 1 is 1.80 bits per heavy atom. The predicted molar refractivity (Wildman–Crippen MR) is 33.9 cm³/mol. The standard InChI is InChI=1S/C5H5F2N2S/c1-9-4(2-3-8-9)10-5(6)7/h2,5H,1H3. The van der Waals surface area contributed by atoms with Crippen LogP contribution in [0.15, 0.2) is 11.1 Å². The van der Waals surface area contributed by atoms with E-state index in [1.165, 1.54) is 10.7 Å². The van der Waals surface area contributed by atoms with Crippen molar-refractivity contribution in [1.29, 1.82) is 0 Å². The monoisotopic (exact) mass is 163 g/mol. The Hall–Kier alpha value is -0.580. The van der Waals surface area contributed by atoms with Crippen molar-refractivity contribution in [2.24, 2.45) is 7.05 Å². The van der Waals surface area contributed by atoms with E-state index in [1.807, 2.05) is 0 Å². The van der Waals surface area contributed by atoms with Gasteiger partial charge in [-0.2, -0.15) is 13.9 Å². The van der Waals surface area contributed by atoms with Crippen molar-refractivity contribution in [1.82, 2.24) is 9.78 Å². The summed E-state index contributed by atoms with van der Waals surface area (Å²) in [6, 6.07) is 1.43. The van der Waals surface area contributed by atoms with Gasteiger partial charge in [0, 0.05) is 7.05 Å². The first-order valence-electron chi connectivity index (χ1n) is 2.55. The summed E-state index contributed by atoms with van der Waals surface area (Å²) in [4.78, 5) is 0. The molecule has 0 aliphatic rings. The molecule has 1 radical (unpaired) electrons. The Bertz CT molecular complexity index is 211. The van der Waals surface area contributed by atoms with Gasteiger partial charge in [0.1, 0.15) is 6.20 Å². The molecule has 55 valence electrons. The number of aromatic nitrogens is 2. The van der Waals surface area contributed by atoms with Crippen LogP contribution in [0.1, 0.15) is 0 Å². The minimum atomic E-state index is -2.39. The molecule has 0 atom stereocenters. The molecule has 1 aromatic heterocycles. The van der Waals surface area contributed by atoms with Crippen LogP contribution < -0.4 is 0 Å². The van der Waals surface area contributed by atoms with Gasteiger partial charge in [0.25, 0.3) is 5.76 Å². The minimum Gasteiger partial charge on any atom is -0.261 e. The molecule has 0 unspecified atom stereocenters. The summed E-state index contributed by atoms with van der Waals surface area (Å²) in [5.41, 5.74) is 0. The second kappa shape index (κ2) is 3.01. The van der Waals surface area contributed by atoms with Gasteiger partial charge >= 0.3 is 0 Å². The van der Waals surface area contributed by atoms with Crippen LogP contribution in [0.25, 0.3) is 0 Å². The SMILES string of the molecule is Cn1n[c]cc1SC(F)F. The lowest BCUT2D eigenvalue weighted by Gasteiger charge is -1.97. The number of halogens is 2. The zero-order valence-corrected chi connectivity index (χ0v) is 6.03. The van der Waals surface area contributed by atoms with E-state index >= 15 is 0 Å². The molecular formula is C5H5F2N2S. The van der Waals surface area contributed by atoms with Crippen LogP contribution in [0.2, 0.25) is 0 Å². The van der Waals surface area contributed by atoms with E-state index in [0.29, 0.717) is 16.8 Å². The number of hydrogen-bond acceptors (Lipinski definition) is 2. The number of rotatable bonds is 2. The number of aryl methyl sites for hydroxylation is 1. The summed E-state index contributed by atoms with van der Waals surface area (Å²) in [5.74, 6) is -2.39. The third kappa shape index (κ3) is 1.70. The van der Waals surface area contributed by atoms with E-state index in [0.717, 1.165) is 0 Å². The molecule has 0 aliphatic carbocycles. The highest BCUT2D eigenvalue weighted by Gasteiger charge is 2.07. The highest BCUT2D eigenvalue weighted by atomic mass is 32.2. The molecule has 10 heavy (non-hydrogen) atoms. The zero-order valence-electron chi connectivity index (χ0n) is 5.21. The third-order valence-corrected chi connectivity index (χ3v) is 1.73. The molecule has 0 fully saturated rings. The maximum absolute atomic E-state index is 11.7. The molecule has 0 amide bonds. The molecule has 0 N–H and O–H groups in total. The van der Waals surface area contributed by atoms with Gasteiger partial charge in [0.15, 0.2) is 0 Å². The number of nitrogens with zero attached hydrogens (tertiary/aromatic N) is 2. The number of hydrogen-bond donors (Lipinski definition) is 0. The lowest BCUT2D eigenvalue weighted by molar-refractivity contribution is 0.251. The van der Waals surface area contributed by atoms with Crippen molar-refractivity contribution in [3.63, 3.8) is 0 Å². The summed E-state index contributed by atoms with van der Waals surface area (Å²) in [7, 11) is 1.60. The van der Waals surface area contributed by atoms with Gasteiger partial charge in [0.05, 0.1) is 5.03 Å².